The molecular weight excluding hydrogens is 235 g/mol. The van der Waals surface area contributed by atoms with Gasteiger partial charge in [0.1, 0.15) is 17.4 Å². The van der Waals surface area contributed by atoms with E-state index in [0.29, 0.717) is 23.6 Å². The Morgan fingerprint density at radius 3 is 2.89 bits per heavy atom. The van der Waals surface area contributed by atoms with Crippen LogP contribution in [-0.4, -0.2) is 28.8 Å². The highest BCUT2D eigenvalue weighted by molar-refractivity contribution is 5.64. The molecule has 0 aliphatic heterocycles. The highest BCUT2D eigenvalue weighted by Crippen LogP contribution is 2.29. The van der Waals surface area contributed by atoms with Crippen LogP contribution in [0.1, 0.15) is 11.4 Å². The molecule has 0 atom stereocenters. The molecule has 0 saturated carbocycles. The summed E-state index contributed by atoms with van der Waals surface area (Å²) in [4.78, 5) is 7.44. The number of H-pyrrole nitrogens is 1. The van der Waals surface area contributed by atoms with Crippen molar-refractivity contribution in [2.75, 3.05) is 13.7 Å². The van der Waals surface area contributed by atoms with Crippen LogP contribution in [0.15, 0.2) is 18.2 Å². The number of ether oxygens (including phenoxy) is 1. The van der Waals surface area contributed by atoms with Crippen molar-refractivity contribution < 1.29 is 14.2 Å². The summed E-state index contributed by atoms with van der Waals surface area (Å²) >= 11 is 0. The van der Waals surface area contributed by atoms with E-state index in [2.05, 4.69) is 9.97 Å². The number of aromatic nitrogens is 2. The first kappa shape index (κ1) is 12.6. The zero-order valence-electron chi connectivity index (χ0n) is 10.3. The predicted molar refractivity (Wildman–Crippen MR) is 66.1 cm³/mol. The number of aromatic amines is 1. The number of nitrogens with one attached hydrogen (secondary N) is 1. The third-order valence-corrected chi connectivity index (χ3v) is 2.75. The minimum absolute atomic E-state index is 0.0332. The van der Waals surface area contributed by atoms with Crippen LogP contribution in [-0.2, 0) is 6.42 Å². The fourth-order valence-corrected chi connectivity index (χ4v) is 1.84. The van der Waals surface area contributed by atoms with Gasteiger partial charge in [-0.2, -0.15) is 0 Å². The Balaban J connectivity index is 2.47. The van der Waals surface area contributed by atoms with E-state index in [1.807, 2.05) is 6.92 Å². The van der Waals surface area contributed by atoms with Crippen LogP contribution in [0.25, 0.3) is 11.4 Å². The molecule has 0 aliphatic rings. The molecule has 96 valence electrons. The summed E-state index contributed by atoms with van der Waals surface area (Å²) in [5.41, 5.74) is 2.22. The van der Waals surface area contributed by atoms with Gasteiger partial charge in [-0.1, -0.05) is 0 Å². The summed E-state index contributed by atoms with van der Waals surface area (Å²) in [6.45, 7) is 1.90. The Morgan fingerprint density at radius 1 is 1.44 bits per heavy atom. The molecule has 0 amide bonds. The minimum Gasteiger partial charge on any atom is -0.496 e. The second-order valence-electron chi connectivity index (χ2n) is 3.98. The van der Waals surface area contributed by atoms with Crippen LogP contribution in [0.5, 0.6) is 5.75 Å². The molecule has 1 aromatic carbocycles. The van der Waals surface area contributed by atoms with Gasteiger partial charge >= 0.3 is 0 Å². The highest BCUT2D eigenvalue weighted by atomic mass is 19.1. The van der Waals surface area contributed by atoms with Crippen molar-refractivity contribution in [3.8, 4) is 17.1 Å². The summed E-state index contributed by atoms with van der Waals surface area (Å²) in [7, 11) is 1.53. The highest BCUT2D eigenvalue weighted by Gasteiger charge is 2.13. The zero-order valence-corrected chi connectivity index (χ0v) is 10.3. The van der Waals surface area contributed by atoms with Gasteiger partial charge in [0.25, 0.3) is 0 Å². The molecule has 0 radical (unpaired) electrons. The summed E-state index contributed by atoms with van der Waals surface area (Å²) in [5.74, 6) is 0.761. The number of hydrogen-bond acceptors (Lipinski definition) is 3. The predicted octanol–water partition coefficient (Wildman–Crippen LogP) is 2.07. The van der Waals surface area contributed by atoms with Gasteiger partial charge in [-0.25, -0.2) is 9.37 Å². The maximum absolute atomic E-state index is 13.3. The molecule has 0 saturated heterocycles. The number of rotatable bonds is 4. The van der Waals surface area contributed by atoms with Crippen molar-refractivity contribution in [2.24, 2.45) is 0 Å². The van der Waals surface area contributed by atoms with E-state index in [4.69, 9.17) is 9.84 Å². The molecule has 0 bridgehead atoms. The zero-order chi connectivity index (χ0) is 13.1. The molecule has 0 unspecified atom stereocenters. The molecule has 18 heavy (non-hydrogen) atoms. The topological polar surface area (TPSA) is 58.1 Å². The first-order valence-corrected chi connectivity index (χ1v) is 5.66. The maximum Gasteiger partial charge on any atom is 0.141 e. The number of aryl methyl sites for hydroxylation is 1. The molecule has 1 heterocycles. The smallest absolute Gasteiger partial charge is 0.141 e. The second-order valence-corrected chi connectivity index (χ2v) is 3.98. The maximum atomic E-state index is 13.3. The molecule has 0 spiro atoms. The summed E-state index contributed by atoms with van der Waals surface area (Å²) < 4.78 is 18.5. The Labute approximate surface area is 104 Å². The van der Waals surface area contributed by atoms with Gasteiger partial charge in [0.2, 0.25) is 0 Å². The van der Waals surface area contributed by atoms with Crippen LogP contribution in [0.4, 0.5) is 4.39 Å². The fourth-order valence-electron chi connectivity index (χ4n) is 1.84. The number of hydrogen-bond donors (Lipinski definition) is 2. The van der Waals surface area contributed by atoms with E-state index in [1.165, 1.54) is 19.2 Å². The van der Waals surface area contributed by atoms with E-state index in [0.717, 1.165) is 11.4 Å². The molecule has 0 aliphatic carbocycles. The molecule has 2 N–H and O–H groups in total. The first-order valence-electron chi connectivity index (χ1n) is 5.66. The molecule has 5 heteroatoms. The van der Waals surface area contributed by atoms with E-state index in [9.17, 15) is 4.39 Å². The third-order valence-electron chi connectivity index (χ3n) is 2.75. The van der Waals surface area contributed by atoms with Crippen molar-refractivity contribution in [2.45, 2.75) is 13.3 Å². The van der Waals surface area contributed by atoms with Crippen molar-refractivity contribution >= 4 is 0 Å². The molecular formula is C13H15FN2O2. The molecule has 2 rings (SSSR count). The molecule has 1 aromatic heterocycles. The standard InChI is InChI=1S/C13H15FN2O2/c1-8-11(5-6-17)16-13(15-8)10-7-9(14)3-4-12(10)18-2/h3-4,7,17H,5-6H2,1-2H3,(H,15,16). The number of methoxy groups -OCH3 is 1. The largest absolute Gasteiger partial charge is 0.496 e. The number of aliphatic hydroxyl groups excluding tert-OH is 1. The average molecular weight is 250 g/mol. The van der Waals surface area contributed by atoms with E-state index in [-0.39, 0.29) is 12.4 Å². The number of halogens is 1. The van der Waals surface area contributed by atoms with E-state index >= 15 is 0 Å². The van der Waals surface area contributed by atoms with E-state index < -0.39 is 0 Å². The van der Waals surface area contributed by atoms with Crippen molar-refractivity contribution in [3.05, 3.63) is 35.4 Å². The monoisotopic (exact) mass is 250 g/mol. The van der Waals surface area contributed by atoms with Crippen LogP contribution in [0.2, 0.25) is 0 Å². The van der Waals surface area contributed by atoms with Gasteiger partial charge in [0.05, 0.1) is 18.4 Å². The number of imidazole rings is 1. The number of aliphatic hydroxyl groups is 1. The van der Waals surface area contributed by atoms with Gasteiger partial charge in [0, 0.05) is 18.7 Å². The van der Waals surface area contributed by atoms with E-state index in [1.54, 1.807) is 6.07 Å². The lowest BCUT2D eigenvalue weighted by molar-refractivity contribution is 0.298. The molecule has 2 aromatic rings. The number of nitrogens with zero attached hydrogens (tertiary/aromatic N) is 1. The summed E-state index contributed by atoms with van der Waals surface area (Å²) in [5, 5.41) is 8.93. The second kappa shape index (κ2) is 5.18. The Kier molecular flexibility index (Phi) is 3.62. The Hall–Kier alpha value is -1.88. The quantitative estimate of drug-likeness (QED) is 0.873. The van der Waals surface area contributed by atoms with Gasteiger partial charge in [-0.05, 0) is 25.1 Å². The van der Waals surface area contributed by atoms with Crippen molar-refractivity contribution in [1.82, 2.24) is 9.97 Å². The average Bonchev–Trinajstić information content (AvgIpc) is 2.71. The van der Waals surface area contributed by atoms with Crippen LogP contribution in [0, 0.1) is 12.7 Å². The van der Waals surface area contributed by atoms with Crippen LogP contribution in [0.3, 0.4) is 0 Å². The minimum atomic E-state index is -0.344. The lowest BCUT2D eigenvalue weighted by atomic mass is 10.2. The van der Waals surface area contributed by atoms with Gasteiger partial charge in [0.15, 0.2) is 0 Å². The van der Waals surface area contributed by atoms with Crippen molar-refractivity contribution in [3.63, 3.8) is 0 Å². The SMILES string of the molecule is COc1ccc(F)cc1-c1nc(CCO)c(C)[nH]1. The lowest BCUT2D eigenvalue weighted by Crippen LogP contribution is -1.93. The number of benzene rings is 1. The first-order chi connectivity index (χ1) is 8.65. The Morgan fingerprint density at radius 2 is 2.22 bits per heavy atom. The van der Waals surface area contributed by atoms with Crippen LogP contribution < -0.4 is 4.74 Å². The fraction of sp³-hybridized carbons (Fsp3) is 0.308. The normalized spacial score (nSPS) is 10.7. The summed E-state index contributed by atoms with van der Waals surface area (Å²) in [6, 6.07) is 4.28. The van der Waals surface area contributed by atoms with Gasteiger partial charge < -0.3 is 14.8 Å². The molecule has 0 fully saturated rings. The van der Waals surface area contributed by atoms with Crippen LogP contribution >= 0.6 is 0 Å². The molecule has 4 nitrogen and oxygen atoms in total. The Bertz CT molecular complexity index is 552. The van der Waals surface area contributed by atoms with Gasteiger partial charge in [-0.3, -0.25) is 0 Å². The third kappa shape index (κ3) is 2.36. The summed E-state index contributed by atoms with van der Waals surface area (Å²) in [6.07, 6.45) is 0.472. The lowest BCUT2D eigenvalue weighted by Gasteiger charge is -2.05. The van der Waals surface area contributed by atoms with Gasteiger partial charge in [-0.15, -0.1) is 0 Å². The van der Waals surface area contributed by atoms with Crippen molar-refractivity contribution in [1.29, 1.82) is 0 Å².